The fourth-order valence-electron chi connectivity index (χ4n) is 4.32. The highest BCUT2D eigenvalue weighted by molar-refractivity contribution is 5.71. The number of H-pyrrole nitrogens is 1. The van der Waals surface area contributed by atoms with E-state index in [1.807, 2.05) is 26.0 Å². The van der Waals surface area contributed by atoms with Crippen LogP contribution in [-0.2, 0) is 17.8 Å². The molecule has 0 spiro atoms. The van der Waals surface area contributed by atoms with Crippen molar-refractivity contribution in [3.05, 3.63) is 41.0 Å². The number of aliphatic carboxylic acids is 1. The smallest absolute Gasteiger partial charge is 0.307 e. The second-order valence-electron chi connectivity index (χ2n) is 8.84. The van der Waals surface area contributed by atoms with Crippen molar-refractivity contribution in [2.75, 3.05) is 13.1 Å². The third-order valence-electron chi connectivity index (χ3n) is 6.06. The highest BCUT2D eigenvalue weighted by atomic mass is 19.1. The van der Waals surface area contributed by atoms with Crippen molar-refractivity contribution in [1.29, 1.82) is 0 Å². The minimum atomic E-state index is -0.902. The Morgan fingerprint density at radius 3 is 2.68 bits per heavy atom. The Labute approximate surface area is 182 Å². The molecule has 9 heteroatoms. The average Bonchev–Trinajstić information content (AvgIpc) is 3.27. The van der Waals surface area contributed by atoms with Crippen LogP contribution < -0.4 is 4.99 Å². The molecule has 2 aromatic rings. The van der Waals surface area contributed by atoms with Crippen LogP contribution in [0.15, 0.2) is 18.2 Å². The SMILES string of the molecule is C=[NH+]C1CCN(Cc2ccc(C[C@H](c3nn[nH]n3)[C@H](CC(C)C)C(=O)O)cc2F)CC1. The van der Waals surface area contributed by atoms with Gasteiger partial charge in [0.05, 0.1) is 5.92 Å². The number of likely N-dealkylation sites (tertiary alicyclic amines) is 1. The Balaban J connectivity index is 1.74. The van der Waals surface area contributed by atoms with E-state index in [2.05, 4.69) is 37.2 Å². The zero-order valence-corrected chi connectivity index (χ0v) is 18.2. The molecule has 1 aliphatic rings. The van der Waals surface area contributed by atoms with Gasteiger partial charge in [0.25, 0.3) is 0 Å². The summed E-state index contributed by atoms with van der Waals surface area (Å²) in [5.41, 5.74) is 1.38. The van der Waals surface area contributed by atoms with Crippen LogP contribution >= 0.6 is 0 Å². The molecular weight excluding hydrogens is 399 g/mol. The molecule has 1 aromatic carbocycles. The predicted molar refractivity (Wildman–Crippen MR) is 114 cm³/mol. The van der Waals surface area contributed by atoms with E-state index in [1.165, 1.54) is 6.07 Å². The maximum Gasteiger partial charge on any atom is 0.307 e. The number of piperidine rings is 1. The molecule has 8 nitrogen and oxygen atoms in total. The van der Waals surface area contributed by atoms with Gasteiger partial charge in [0, 0.05) is 44.0 Å². The summed E-state index contributed by atoms with van der Waals surface area (Å²) in [4.78, 5) is 17.3. The summed E-state index contributed by atoms with van der Waals surface area (Å²) in [5.74, 6) is -1.79. The summed E-state index contributed by atoms with van der Waals surface area (Å²) in [6, 6.07) is 5.63. The number of aromatic amines is 1. The lowest BCUT2D eigenvalue weighted by Gasteiger charge is -2.28. The molecule has 0 aliphatic carbocycles. The van der Waals surface area contributed by atoms with Crippen LogP contribution in [0.3, 0.4) is 0 Å². The van der Waals surface area contributed by atoms with E-state index >= 15 is 0 Å². The first-order valence-electron chi connectivity index (χ1n) is 10.9. The summed E-state index contributed by atoms with van der Waals surface area (Å²) in [7, 11) is 0. The third-order valence-corrected chi connectivity index (χ3v) is 6.06. The molecule has 1 saturated heterocycles. The first-order chi connectivity index (χ1) is 14.9. The average molecular weight is 432 g/mol. The van der Waals surface area contributed by atoms with Gasteiger partial charge in [0.15, 0.2) is 11.9 Å². The molecule has 1 fully saturated rings. The molecule has 0 unspecified atom stereocenters. The quantitative estimate of drug-likeness (QED) is 0.487. The van der Waals surface area contributed by atoms with E-state index in [4.69, 9.17) is 0 Å². The van der Waals surface area contributed by atoms with Gasteiger partial charge in [-0.2, -0.15) is 5.21 Å². The van der Waals surface area contributed by atoms with Crippen molar-refractivity contribution in [3.63, 3.8) is 0 Å². The number of rotatable bonds is 10. The number of tetrazole rings is 1. The third kappa shape index (κ3) is 6.16. The van der Waals surface area contributed by atoms with E-state index in [1.54, 1.807) is 0 Å². The van der Waals surface area contributed by atoms with Gasteiger partial charge in [-0.05, 0) is 30.4 Å². The Morgan fingerprint density at radius 2 is 2.13 bits per heavy atom. The van der Waals surface area contributed by atoms with Gasteiger partial charge in [-0.1, -0.05) is 31.2 Å². The molecule has 2 heterocycles. The molecule has 0 amide bonds. The van der Waals surface area contributed by atoms with Crippen LogP contribution in [0, 0.1) is 17.7 Å². The topological polar surface area (TPSA) is 109 Å². The minimum absolute atomic E-state index is 0.192. The molecule has 31 heavy (non-hydrogen) atoms. The standard InChI is InChI=1S/C22H31FN6O2/c1-14(2)10-19(22(30)31)18(21-25-27-28-26-21)11-15-4-5-16(20(23)12-15)13-29-8-6-17(24-3)7-9-29/h4-5,12,14,17-19H,3,6-11,13H2,1-2H3,(H,30,31)(H,25,26,27,28)/p+1/t18-,19-/m0/s1. The first kappa shape index (κ1) is 23.0. The van der Waals surface area contributed by atoms with E-state index in [0.29, 0.717) is 36.8 Å². The normalized spacial score (nSPS) is 17.5. The van der Waals surface area contributed by atoms with Gasteiger partial charge < -0.3 is 5.11 Å². The maximum absolute atomic E-state index is 14.9. The highest BCUT2D eigenvalue weighted by Gasteiger charge is 2.33. The van der Waals surface area contributed by atoms with E-state index in [-0.39, 0.29) is 11.7 Å². The molecule has 3 rings (SSSR count). The fourth-order valence-corrected chi connectivity index (χ4v) is 4.32. The number of carboxylic acids is 1. The van der Waals surface area contributed by atoms with E-state index < -0.39 is 17.8 Å². The van der Waals surface area contributed by atoms with Crippen LogP contribution in [-0.4, -0.2) is 62.4 Å². The van der Waals surface area contributed by atoms with Crippen molar-refractivity contribution >= 4 is 12.7 Å². The van der Waals surface area contributed by atoms with E-state index in [0.717, 1.165) is 31.5 Å². The molecule has 168 valence electrons. The highest BCUT2D eigenvalue weighted by Crippen LogP contribution is 2.31. The van der Waals surface area contributed by atoms with Crippen LogP contribution in [0.25, 0.3) is 0 Å². The zero-order chi connectivity index (χ0) is 22.4. The van der Waals surface area contributed by atoms with Crippen LogP contribution in [0.5, 0.6) is 0 Å². The summed E-state index contributed by atoms with van der Waals surface area (Å²) < 4.78 is 14.9. The van der Waals surface area contributed by atoms with Gasteiger partial charge in [-0.25, -0.2) is 4.39 Å². The summed E-state index contributed by atoms with van der Waals surface area (Å²) >= 11 is 0. The molecule has 1 aliphatic heterocycles. The molecule has 0 radical (unpaired) electrons. The minimum Gasteiger partial charge on any atom is -0.481 e. The van der Waals surface area contributed by atoms with Crippen molar-refractivity contribution < 1.29 is 19.3 Å². The number of carboxylic acid groups (broad SMARTS) is 1. The predicted octanol–water partition coefficient (Wildman–Crippen LogP) is 1.16. The number of carbonyl (C=O) groups is 1. The van der Waals surface area contributed by atoms with Crippen molar-refractivity contribution in [3.8, 4) is 0 Å². The first-order valence-corrected chi connectivity index (χ1v) is 10.9. The monoisotopic (exact) mass is 431 g/mol. The Bertz CT molecular complexity index is 865. The van der Waals surface area contributed by atoms with Gasteiger partial charge in [0.1, 0.15) is 12.5 Å². The second kappa shape index (κ2) is 10.6. The lowest BCUT2D eigenvalue weighted by molar-refractivity contribution is -0.499. The van der Waals surface area contributed by atoms with Gasteiger partial charge in [-0.3, -0.25) is 14.7 Å². The lowest BCUT2D eigenvalue weighted by Crippen LogP contribution is -2.75. The summed E-state index contributed by atoms with van der Waals surface area (Å²) in [5, 5.41) is 23.9. The van der Waals surface area contributed by atoms with Crippen LogP contribution in [0.1, 0.15) is 56.0 Å². The molecule has 1 aromatic heterocycles. The molecular formula is C22H32FN6O2+. The number of aromatic nitrogens is 4. The largest absolute Gasteiger partial charge is 0.481 e. The second-order valence-corrected chi connectivity index (χ2v) is 8.84. The lowest BCUT2D eigenvalue weighted by atomic mass is 9.81. The molecule has 0 saturated carbocycles. The van der Waals surface area contributed by atoms with Crippen LogP contribution in [0.4, 0.5) is 4.39 Å². The van der Waals surface area contributed by atoms with Crippen molar-refractivity contribution in [2.45, 2.75) is 58.0 Å². The molecule has 2 atom stereocenters. The number of nitrogens with one attached hydrogen (secondary N) is 2. The van der Waals surface area contributed by atoms with Gasteiger partial charge >= 0.3 is 5.97 Å². The maximum atomic E-state index is 14.9. The Hall–Kier alpha value is -2.68. The Morgan fingerprint density at radius 1 is 1.39 bits per heavy atom. The molecule has 0 bridgehead atoms. The fraction of sp³-hybridized carbons (Fsp3) is 0.591. The van der Waals surface area contributed by atoms with Crippen LogP contribution in [0.2, 0.25) is 0 Å². The number of hydrogen-bond acceptors (Lipinski definition) is 5. The molecule has 3 N–H and O–H groups in total. The van der Waals surface area contributed by atoms with E-state index in [9.17, 15) is 14.3 Å². The summed E-state index contributed by atoms with van der Waals surface area (Å²) in [6.07, 6.45) is 2.82. The number of halogens is 1. The van der Waals surface area contributed by atoms with Gasteiger partial charge in [0.2, 0.25) is 0 Å². The van der Waals surface area contributed by atoms with Gasteiger partial charge in [-0.15, -0.1) is 10.2 Å². The zero-order valence-electron chi connectivity index (χ0n) is 18.2. The van der Waals surface area contributed by atoms with Crippen molar-refractivity contribution in [1.82, 2.24) is 25.5 Å². The number of nitrogens with zero attached hydrogens (tertiary/aromatic N) is 4. The van der Waals surface area contributed by atoms with Crippen molar-refractivity contribution in [2.24, 2.45) is 11.8 Å². The summed E-state index contributed by atoms with van der Waals surface area (Å²) in [6.45, 7) is 10.1. The number of hydrogen-bond donors (Lipinski definition) is 3. The Kier molecular flexibility index (Phi) is 7.84. The number of benzene rings is 1.